The SMILES string of the molecule is CC(C)(CCN)CCc1nc(Cc2cccs2)no1. The summed E-state index contributed by atoms with van der Waals surface area (Å²) in [4.78, 5) is 5.71. The predicted molar refractivity (Wildman–Crippen MR) is 77.2 cm³/mol. The highest BCUT2D eigenvalue weighted by atomic mass is 32.1. The first-order chi connectivity index (χ1) is 9.09. The lowest BCUT2D eigenvalue weighted by atomic mass is 9.84. The molecule has 2 heterocycles. The number of hydrogen-bond donors (Lipinski definition) is 1. The first kappa shape index (κ1) is 14.2. The van der Waals surface area contributed by atoms with E-state index in [0.29, 0.717) is 0 Å². The Hall–Kier alpha value is -1.20. The minimum atomic E-state index is 0.233. The Morgan fingerprint density at radius 1 is 1.37 bits per heavy atom. The van der Waals surface area contributed by atoms with Gasteiger partial charge >= 0.3 is 0 Å². The average Bonchev–Trinajstić information content (AvgIpc) is 2.99. The van der Waals surface area contributed by atoms with Crippen molar-refractivity contribution in [1.82, 2.24) is 10.1 Å². The molecular weight excluding hydrogens is 258 g/mol. The van der Waals surface area contributed by atoms with Crippen LogP contribution in [-0.4, -0.2) is 16.7 Å². The number of hydrogen-bond acceptors (Lipinski definition) is 5. The molecule has 0 aliphatic carbocycles. The van der Waals surface area contributed by atoms with Crippen LogP contribution in [0.15, 0.2) is 22.0 Å². The summed E-state index contributed by atoms with van der Waals surface area (Å²) >= 11 is 1.72. The summed E-state index contributed by atoms with van der Waals surface area (Å²) in [5.41, 5.74) is 5.85. The molecule has 104 valence electrons. The topological polar surface area (TPSA) is 64.9 Å². The van der Waals surface area contributed by atoms with Crippen molar-refractivity contribution in [1.29, 1.82) is 0 Å². The van der Waals surface area contributed by atoms with Crippen LogP contribution < -0.4 is 5.73 Å². The number of aryl methyl sites for hydroxylation is 1. The van der Waals surface area contributed by atoms with E-state index < -0.39 is 0 Å². The number of nitrogens with zero attached hydrogens (tertiary/aromatic N) is 2. The van der Waals surface area contributed by atoms with Crippen molar-refractivity contribution >= 4 is 11.3 Å². The number of aromatic nitrogens is 2. The Bertz CT molecular complexity index is 491. The van der Waals surface area contributed by atoms with Crippen molar-refractivity contribution in [2.75, 3.05) is 6.54 Å². The van der Waals surface area contributed by atoms with Gasteiger partial charge in [0.2, 0.25) is 5.89 Å². The molecule has 0 spiro atoms. The van der Waals surface area contributed by atoms with E-state index in [1.807, 2.05) is 6.07 Å². The van der Waals surface area contributed by atoms with Crippen molar-refractivity contribution in [2.45, 2.75) is 39.5 Å². The standard InChI is InChI=1S/C14H21N3OS/c1-14(2,7-8-15)6-5-13-16-12(17-18-13)10-11-4-3-9-19-11/h3-4,9H,5-8,10,15H2,1-2H3. The molecule has 0 radical (unpaired) electrons. The smallest absolute Gasteiger partial charge is 0.226 e. The molecule has 2 N–H and O–H groups in total. The highest BCUT2D eigenvalue weighted by Crippen LogP contribution is 2.26. The molecule has 2 aromatic heterocycles. The fraction of sp³-hybridized carbons (Fsp3) is 0.571. The van der Waals surface area contributed by atoms with Gasteiger partial charge in [0.25, 0.3) is 0 Å². The van der Waals surface area contributed by atoms with Gasteiger partial charge in [0.1, 0.15) is 0 Å². The number of rotatable bonds is 7. The van der Waals surface area contributed by atoms with Crippen LogP contribution in [-0.2, 0) is 12.8 Å². The molecule has 0 amide bonds. The maximum absolute atomic E-state index is 5.61. The summed E-state index contributed by atoms with van der Waals surface area (Å²) in [5, 5.41) is 6.09. The second-order valence-electron chi connectivity index (χ2n) is 5.56. The molecule has 0 fully saturated rings. The zero-order valence-electron chi connectivity index (χ0n) is 11.6. The molecule has 0 aliphatic heterocycles. The lowest BCUT2D eigenvalue weighted by Crippen LogP contribution is -2.17. The number of thiophene rings is 1. The van der Waals surface area contributed by atoms with Gasteiger partial charge in [0, 0.05) is 17.7 Å². The van der Waals surface area contributed by atoms with E-state index in [2.05, 4.69) is 35.4 Å². The molecule has 0 atom stereocenters. The molecule has 2 aromatic rings. The predicted octanol–water partition coefficient (Wildman–Crippen LogP) is 3.03. The highest BCUT2D eigenvalue weighted by molar-refractivity contribution is 7.09. The number of nitrogens with two attached hydrogens (primary N) is 1. The summed E-state index contributed by atoms with van der Waals surface area (Å²) in [5.74, 6) is 1.51. The van der Waals surface area contributed by atoms with E-state index >= 15 is 0 Å². The lowest BCUT2D eigenvalue weighted by molar-refractivity contribution is 0.289. The molecule has 19 heavy (non-hydrogen) atoms. The molecule has 5 heteroatoms. The van der Waals surface area contributed by atoms with Crippen LogP contribution in [0, 0.1) is 5.41 Å². The Labute approximate surface area is 118 Å². The van der Waals surface area contributed by atoms with E-state index in [-0.39, 0.29) is 5.41 Å². The average molecular weight is 279 g/mol. The Morgan fingerprint density at radius 3 is 2.89 bits per heavy atom. The molecular formula is C14H21N3OS. The first-order valence-electron chi connectivity index (χ1n) is 6.63. The van der Waals surface area contributed by atoms with Gasteiger partial charge in [0.15, 0.2) is 5.82 Å². The van der Waals surface area contributed by atoms with Crippen LogP contribution in [0.5, 0.6) is 0 Å². The van der Waals surface area contributed by atoms with Crippen molar-refractivity contribution in [3.63, 3.8) is 0 Å². The maximum Gasteiger partial charge on any atom is 0.226 e. The van der Waals surface area contributed by atoms with Gasteiger partial charge in [-0.3, -0.25) is 0 Å². The monoisotopic (exact) mass is 279 g/mol. The van der Waals surface area contributed by atoms with Crippen LogP contribution >= 0.6 is 11.3 Å². The summed E-state index contributed by atoms with van der Waals surface area (Å²) in [6.45, 7) is 5.17. The Morgan fingerprint density at radius 2 is 2.21 bits per heavy atom. The van der Waals surface area contributed by atoms with Crippen LogP contribution in [0.2, 0.25) is 0 Å². The van der Waals surface area contributed by atoms with Gasteiger partial charge < -0.3 is 10.3 Å². The third-order valence-corrected chi connectivity index (χ3v) is 4.14. The summed E-state index contributed by atoms with van der Waals surface area (Å²) in [6.07, 6.45) is 3.62. The van der Waals surface area contributed by atoms with Gasteiger partial charge in [-0.1, -0.05) is 25.1 Å². The van der Waals surface area contributed by atoms with Gasteiger partial charge in [-0.25, -0.2) is 0 Å². The van der Waals surface area contributed by atoms with Crippen LogP contribution in [0.25, 0.3) is 0 Å². The van der Waals surface area contributed by atoms with Crippen LogP contribution in [0.1, 0.15) is 43.3 Å². The largest absolute Gasteiger partial charge is 0.339 e. The van der Waals surface area contributed by atoms with Crippen molar-refractivity contribution in [3.8, 4) is 0 Å². The second-order valence-corrected chi connectivity index (χ2v) is 6.60. The minimum Gasteiger partial charge on any atom is -0.339 e. The third kappa shape index (κ3) is 4.44. The van der Waals surface area contributed by atoms with Crippen molar-refractivity contribution in [3.05, 3.63) is 34.1 Å². The third-order valence-electron chi connectivity index (χ3n) is 3.26. The van der Waals surface area contributed by atoms with Crippen molar-refractivity contribution in [2.24, 2.45) is 11.1 Å². The Kier molecular flexibility index (Phi) is 4.71. The molecule has 4 nitrogen and oxygen atoms in total. The van der Waals surface area contributed by atoms with E-state index in [4.69, 9.17) is 10.3 Å². The lowest BCUT2D eigenvalue weighted by Gasteiger charge is -2.22. The second kappa shape index (κ2) is 6.30. The summed E-state index contributed by atoms with van der Waals surface area (Å²) < 4.78 is 5.30. The molecule has 0 unspecified atom stereocenters. The molecule has 0 aliphatic rings. The van der Waals surface area contributed by atoms with Gasteiger partial charge in [0.05, 0.1) is 0 Å². The fourth-order valence-electron chi connectivity index (χ4n) is 1.99. The molecule has 0 aromatic carbocycles. The maximum atomic E-state index is 5.61. The molecule has 2 rings (SSSR count). The van der Waals surface area contributed by atoms with E-state index in [1.165, 1.54) is 4.88 Å². The van der Waals surface area contributed by atoms with Crippen LogP contribution in [0.4, 0.5) is 0 Å². The van der Waals surface area contributed by atoms with E-state index in [0.717, 1.165) is 43.9 Å². The van der Waals surface area contributed by atoms with Crippen molar-refractivity contribution < 1.29 is 4.52 Å². The zero-order valence-corrected chi connectivity index (χ0v) is 12.4. The normalized spacial score (nSPS) is 11.9. The van der Waals surface area contributed by atoms with Gasteiger partial charge in [-0.05, 0) is 36.2 Å². The van der Waals surface area contributed by atoms with E-state index in [1.54, 1.807) is 11.3 Å². The van der Waals surface area contributed by atoms with Crippen LogP contribution in [0.3, 0.4) is 0 Å². The van der Waals surface area contributed by atoms with Gasteiger partial charge in [-0.15, -0.1) is 11.3 Å². The van der Waals surface area contributed by atoms with Gasteiger partial charge in [-0.2, -0.15) is 4.98 Å². The highest BCUT2D eigenvalue weighted by Gasteiger charge is 2.18. The molecule has 0 saturated heterocycles. The quantitative estimate of drug-likeness (QED) is 0.846. The Balaban J connectivity index is 1.87. The first-order valence-corrected chi connectivity index (χ1v) is 7.51. The minimum absolute atomic E-state index is 0.233. The molecule has 0 bridgehead atoms. The zero-order chi connectivity index (χ0) is 13.7. The summed E-state index contributed by atoms with van der Waals surface area (Å²) in [6, 6.07) is 4.13. The summed E-state index contributed by atoms with van der Waals surface area (Å²) in [7, 11) is 0. The molecule has 0 saturated carbocycles. The fourth-order valence-corrected chi connectivity index (χ4v) is 2.70. The van der Waals surface area contributed by atoms with E-state index in [9.17, 15) is 0 Å².